The summed E-state index contributed by atoms with van der Waals surface area (Å²) in [4.78, 5) is 12.1. The van der Waals surface area contributed by atoms with E-state index in [2.05, 4.69) is 5.32 Å². The maximum Gasteiger partial charge on any atom is 0.255 e. The molecular weight excluding hydrogens is 301 g/mol. The van der Waals surface area contributed by atoms with Gasteiger partial charge in [-0.3, -0.25) is 4.79 Å². The fourth-order valence-electron chi connectivity index (χ4n) is 1.64. The molecule has 0 saturated heterocycles. The molecule has 108 valence electrons. The van der Waals surface area contributed by atoms with Crippen LogP contribution in [0.1, 0.15) is 15.9 Å². The summed E-state index contributed by atoms with van der Waals surface area (Å²) in [5, 5.41) is 2.26. The van der Waals surface area contributed by atoms with Crippen LogP contribution in [0.3, 0.4) is 0 Å². The quantitative estimate of drug-likeness (QED) is 0.677. The molecule has 0 aliphatic rings. The maximum atomic E-state index is 13.1. The van der Waals surface area contributed by atoms with E-state index in [1.54, 1.807) is 12.1 Å². The van der Waals surface area contributed by atoms with Crippen molar-refractivity contribution in [3.8, 4) is 0 Å². The molecule has 0 spiro atoms. The van der Waals surface area contributed by atoms with E-state index in [0.29, 0.717) is 17.7 Å². The van der Waals surface area contributed by atoms with Crippen molar-refractivity contribution in [2.24, 2.45) is 5.73 Å². The molecule has 0 atom stereocenters. The molecule has 0 heterocycles. The number of nitrogens with two attached hydrogens (primary N) is 1. The van der Waals surface area contributed by atoms with Crippen LogP contribution in [0.4, 0.5) is 18.9 Å². The van der Waals surface area contributed by atoms with E-state index >= 15 is 0 Å². The lowest BCUT2D eigenvalue weighted by atomic mass is 10.1. The second-order valence-electron chi connectivity index (χ2n) is 4.15. The van der Waals surface area contributed by atoms with E-state index < -0.39 is 23.4 Å². The Morgan fingerprint density at radius 1 is 1.05 bits per heavy atom. The van der Waals surface area contributed by atoms with Gasteiger partial charge in [-0.25, -0.2) is 13.2 Å². The fraction of sp³-hybridized carbons (Fsp3) is 0. The Hall–Kier alpha value is -2.41. The largest absolute Gasteiger partial charge is 0.389 e. The molecule has 3 N–H and O–H groups in total. The van der Waals surface area contributed by atoms with E-state index in [-0.39, 0.29) is 16.2 Å². The van der Waals surface area contributed by atoms with Crippen molar-refractivity contribution in [3.05, 3.63) is 65.0 Å². The number of amides is 1. The summed E-state index contributed by atoms with van der Waals surface area (Å²) < 4.78 is 38.9. The van der Waals surface area contributed by atoms with Gasteiger partial charge in [-0.2, -0.15) is 0 Å². The standard InChI is InChI=1S/C14H9F3N2OS/c15-10-5-9(6-11(16)12(10)17)19-14(20)8-3-1-2-7(4-8)13(18)21/h1-6H,(H2,18,21)(H,19,20). The van der Waals surface area contributed by atoms with E-state index in [9.17, 15) is 18.0 Å². The topological polar surface area (TPSA) is 55.1 Å². The first kappa shape index (κ1) is 15.0. The zero-order valence-electron chi connectivity index (χ0n) is 10.5. The Morgan fingerprint density at radius 2 is 1.62 bits per heavy atom. The van der Waals surface area contributed by atoms with E-state index in [0.717, 1.165) is 0 Å². The summed E-state index contributed by atoms with van der Waals surface area (Å²) in [5.74, 6) is -4.99. The summed E-state index contributed by atoms with van der Waals surface area (Å²) in [6.07, 6.45) is 0. The van der Waals surface area contributed by atoms with Gasteiger partial charge in [0.05, 0.1) is 0 Å². The molecule has 3 nitrogen and oxygen atoms in total. The van der Waals surface area contributed by atoms with Gasteiger partial charge in [0.2, 0.25) is 0 Å². The third kappa shape index (κ3) is 3.38. The van der Waals surface area contributed by atoms with Gasteiger partial charge < -0.3 is 11.1 Å². The lowest BCUT2D eigenvalue weighted by Crippen LogP contribution is -2.15. The van der Waals surface area contributed by atoms with Crippen LogP contribution in [0.15, 0.2) is 36.4 Å². The highest BCUT2D eigenvalue weighted by Gasteiger charge is 2.13. The lowest BCUT2D eigenvalue weighted by molar-refractivity contribution is 0.102. The number of carbonyl (C=O) groups excluding carboxylic acids is 1. The number of anilines is 1. The molecule has 0 bridgehead atoms. The van der Waals surface area contributed by atoms with Crippen LogP contribution in [0.2, 0.25) is 0 Å². The van der Waals surface area contributed by atoms with Crippen molar-refractivity contribution >= 4 is 28.8 Å². The van der Waals surface area contributed by atoms with Gasteiger partial charge in [0.25, 0.3) is 5.91 Å². The van der Waals surface area contributed by atoms with Crippen molar-refractivity contribution < 1.29 is 18.0 Å². The maximum absolute atomic E-state index is 13.1. The number of hydrogen-bond donors (Lipinski definition) is 2. The smallest absolute Gasteiger partial charge is 0.255 e. The lowest BCUT2D eigenvalue weighted by Gasteiger charge is -2.07. The third-order valence-corrected chi connectivity index (χ3v) is 2.89. The molecule has 2 aromatic carbocycles. The highest BCUT2D eigenvalue weighted by molar-refractivity contribution is 7.80. The minimum absolute atomic E-state index is 0.114. The Kier molecular flexibility index (Phi) is 4.23. The molecule has 0 aliphatic heterocycles. The number of rotatable bonds is 3. The number of benzene rings is 2. The van der Waals surface area contributed by atoms with Crippen LogP contribution in [-0.2, 0) is 0 Å². The average molecular weight is 310 g/mol. The van der Waals surface area contributed by atoms with E-state index in [1.807, 2.05) is 0 Å². The molecular formula is C14H9F3N2OS. The summed E-state index contributed by atoms with van der Waals surface area (Å²) in [5.41, 5.74) is 5.93. The van der Waals surface area contributed by atoms with Crippen LogP contribution >= 0.6 is 12.2 Å². The van der Waals surface area contributed by atoms with Crippen LogP contribution in [0, 0.1) is 17.5 Å². The third-order valence-electron chi connectivity index (χ3n) is 2.65. The van der Waals surface area contributed by atoms with Gasteiger partial charge >= 0.3 is 0 Å². The molecule has 0 aliphatic carbocycles. The number of carbonyl (C=O) groups is 1. The van der Waals surface area contributed by atoms with Gasteiger partial charge in [-0.1, -0.05) is 24.4 Å². The predicted molar refractivity (Wildman–Crippen MR) is 76.6 cm³/mol. The van der Waals surface area contributed by atoms with Crippen LogP contribution < -0.4 is 11.1 Å². The number of halogens is 3. The van der Waals surface area contributed by atoms with Gasteiger partial charge in [-0.15, -0.1) is 0 Å². The Morgan fingerprint density at radius 3 is 2.19 bits per heavy atom. The van der Waals surface area contributed by atoms with Gasteiger partial charge in [0.15, 0.2) is 17.5 Å². The zero-order valence-corrected chi connectivity index (χ0v) is 11.3. The van der Waals surface area contributed by atoms with Crippen molar-refractivity contribution in [3.63, 3.8) is 0 Å². The van der Waals surface area contributed by atoms with Gasteiger partial charge in [0.1, 0.15) is 4.99 Å². The molecule has 0 fully saturated rings. The molecule has 0 saturated carbocycles. The van der Waals surface area contributed by atoms with E-state index in [4.69, 9.17) is 18.0 Å². The van der Waals surface area contributed by atoms with Gasteiger partial charge in [0, 0.05) is 28.9 Å². The van der Waals surface area contributed by atoms with Gasteiger partial charge in [-0.05, 0) is 12.1 Å². The molecule has 2 aromatic rings. The van der Waals surface area contributed by atoms with Crippen LogP contribution in [-0.4, -0.2) is 10.9 Å². The zero-order chi connectivity index (χ0) is 15.6. The summed E-state index contributed by atoms with van der Waals surface area (Å²) in [6.45, 7) is 0. The van der Waals surface area contributed by atoms with Crippen molar-refractivity contribution in [2.45, 2.75) is 0 Å². The average Bonchev–Trinajstić information content (AvgIpc) is 2.44. The Labute approximate surface area is 123 Å². The summed E-state index contributed by atoms with van der Waals surface area (Å²) >= 11 is 4.79. The molecule has 21 heavy (non-hydrogen) atoms. The second kappa shape index (κ2) is 5.92. The molecule has 0 unspecified atom stereocenters. The Balaban J connectivity index is 2.26. The minimum Gasteiger partial charge on any atom is -0.389 e. The number of nitrogens with one attached hydrogen (secondary N) is 1. The first-order valence-corrected chi connectivity index (χ1v) is 6.15. The highest BCUT2D eigenvalue weighted by Crippen LogP contribution is 2.18. The summed E-state index contributed by atoms with van der Waals surface area (Å²) in [6, 6.07) is 7.48. The van der Waals surface area contributed by atoms with Crippen molar-refractivity contribution in [2.75, 3.05) is 5.32 Å². The number of hydrogen-bond acceptors (Lipinski definition) is 2. The SMILES string of the molecule is NC(=S)c1cccc(C(=O)Nc2cc(F)c(F)c(F)c2)c1. The van der Waals surface area contributed by atoms with Crippen LogP contribution in [0.25, 0.3) is 0 Å². The van der Waals surface area contributed by atoms with Crippen molar-refractivity contribution in [1.82, 2.24) is 0 Å². The first-order chi connectivity index (χ1) is 9.88. The molecule has 0 radical (unpaired) electrons. The van der Waals surface area contributed by atoms with Crippen LogP contribution in [0.5, 0.6) is 0 Å². The Bertz CT molecular complexity index is 711. The monoisotopic (exact) mass is 310 g/mol. The highest BCUT2D eigenvalue weighted by atomic mass is 32.1. The molecule has 1 amide bonds. The van der Waals surface area contributed by atoms with E-state index in [1.165, 1.54) is 12.1 Å². The fourth-order valence-corrected chi connectivity index (χ4v) is 1.77. The normalized spacial score (nSPS) is 10.2. The molecule has 7 heteroatoms. The summed E-state index contributed by atoms with van der Waals surface area (Å²) in [7, 11) is 0. The number of thiocarbonyl (C=S) groups is 1. The minimum atomic E-state index is -1.59. The first-order valence-electron chi connectivity index (χ1n) is 5.74. The molecule has 2 rings (SSSR count). The van der Waals surface area contributed by atoms with Crippen molar-refractivity contribution in [1.29, 1.82) is 0 Å². The predicted octanol–water partition coefficient (Wildman–Crippen LogP) is 2.99. The second-order valence-corrected chi connectivity index (χ2v) is 4.59. The molecule has 0 aromatic heterocycles.